The lowest BCUT2D eigenvalue weighted by molar-refractivity contribution is -0.137. The van der Waals surface area contributed by atoms with Gasteiger partial charge >= 0.3 is 5.97 Å². The van der Waals surface area contributed by atoms with E-state index in [4.69, 9.17) is 5.11 Å². The van der Waals surface area contributed by atoms with Crippen molar-refractivity contribution in [2.75, 3.05) is 19.6 Å². The van der Waals surface area contributed by atoms with Crippen molar-refractivity contribution in [1.82, 2.24) is 14.8 Å². The first-order valence-electron chi connectivity index (χ1n) is 6.01. The fourth-order valence-electron chi connectivity index (χ4n) is 2.03. The second kappa shape index (κ2) is 5.55. The molecule has 1 fully saturated rings. The molecule has 1 saturated heterocycles. The lowest BCUT2D eigenvalue weighted by atomic mass is 10.3. The Kier molecular flexibility index (Phi) is 3.84. The number of nitrogens with one attached hydrogen (secondary N) is 1. The number of amides is 2. The third-order valence-electron chi connectivity index (χ3n) is 2.90. The Morgan fingerprint density at radius 3 is 2.95 bits per heavy atom. The normalized spacial score (nSPS) is 15.8. The van der Waals surface area contributed by atoms with E-state index in [1.54, 1.807) is 18.3 Å². The van der Waals surface area contributed by atoms with Crippen LogP contribution in [0.25, 0.3) is 0 Å². The largest absolute Gasteiger partial charge is 0.480 e. The molecule has 0 aromatic carbocycles. The molecular formula is C12H15N3O4. The van der Waals surface area contributed by atoms with Crippen LogP contribution in [0.1, 0.15) is 16.9 Å². The standard InChI is InChI=1S/C12H15N3O4/c16-10-7-15(6-2-4-13-10)12(19)9-3-1-5-14(9)8-11(17)18/h1,3,5H,2,4,6-8H2,(H,13,16)(H,17,18). The van der Waals surface area contributed by atoms with Crippen LogP contribution < -0.4 is 5.32 Å². The highest BCUT2D eigenvalue weighted by Gasteiger charge is 2.23. The molecule has 102 valence electrons. The van der Waals surface area contributed by atoms with Gasteiger partial charge in [-0.05, 0) is 18.6 Å². The number of hydrogen-bond donors (Lipinski definition) is 2. The Balaban J connectivity index is 2.16. The van der Waals surface area contributed by atoms with Gasteiger partial charge in [-0.25, -0.2) is 0 Å². The number of carboxylic acids is 1. The summed E-state index contributed by atoms with van der Waals surface area (Å²) >= 11 is 0. The van der Waals surface area contributed by atoms with Gasteiger partial charge in [0.15, 0.2) is 0 Å². The highest BCUT2D eigenvalue weighted by atomic mass is 16.4. The summed E-state index contributed by atoms with van der Waals surface area (Å²) in [5, 5.41) is 11.5. The van der Waals surface area contributed by atoms with Crippen molar-refractivity contribution in [1.29, 1.82) is 0 Å². The quantitative estimate of drug-likeness (QED) is 0.773. The van der Waals surface area contributed by atoms with E-state index in [1.165, 1.54) is 9.47 Å². The molecule has 1 aliphatic heterocycles. The van der Waals surface area contributed by atoms with E-state index in [0.29, 0.717) is 19.5 Å². The van der Waals surface area contributed by atoms with Gasteiger partial charge in [-0.1, -0.05) is 0 Å². The molecule has 0 unspecified atom stereocenters. The lowest BCUT2D eigenvalue weighted by Gasteiger charge is -2.19. The summed E-state index contributed by atoms with van der Waals surface area (Å²) in [5.41, 5.74) is 0.289. The number of rotatable bonds is 3. The zero-order valence-corrected chi connectivity index (χ0v) is 10.3. The topological polar surface area (TPSA) is 91.6 Å². The summed E-state index contributed by atoms with van der Waals surface area (Å²) in [6.07, 6.45) is 2.23. The summed E-state index contributed by atoms with van der Waals surface area (Å²) < 4.78 is 1.37. The monoisotopic (exact) mass is 265 g/mol. The van der Waals surface area contributed by atoms with Crippen LogP contribution in [0.3, 0.4) is 0 Å². The van der Waals surface area contributed by atoms with Crippen LogP contribution in [-0.4, -0.2) is 52.0 Å². The fourth-order valence-corrected chi connectivity index (χ4v) is 2.03. The van der Waals surface area contributed by atoms with Crippen molar-refractivity contribution in [2.24, 2.45) is 0 Å². The smallest absolute Gasteiger partial charge is 0.323 e. The van der Waals surface area contributed by atoms with Crippen molar-refractivity contribution in [3.63, 3.8) is 0 Å². The van der Waals surface area contributed by atoms with Crippen LogP contribution in [0.5, 0.6) is 0 Å². The van der Waals surface area contributed by atoms with Crippen LogP contribution in [0.4, 0.5) is 0 Å². The van der Waals surface area contributed by atoms with Crippen molar-refractivity contribution < 1.29 is 19.5 Å². The van der Waals surface area contributed by atoms with Crippen molar-refractivity contribution >= 4 is 17.8 Å². The maximum Gasteiger partial charge on any atom is 0.323 e. The number of carbonyl (C=O) groups is 3. The first-order chi connectivity index (χ1) is 9.08. The second-order valence-electron chi connectivity index (χ2n) is 4.35. The number of aliphatic carboxylic acids is 1. The average molecular weight is 265 g/mol. The Morgan fingerprint density at radius 2 is 2.21 bits per heavy atom. The van der Waals surface area contributed by atoms with Crippen LogP contribution in [0.2, 0.25) is 0 Å². The molecule has 1 aromatic rings. The van der Waals surface area contributed by atoms with Gasteiger partial charge in [0.05, 0.1) is 6.54 Å². The molecule has 7 heteroatoms. The number of aromatic nitrogens is 1. The molecule has 0 bridgehead atoms. The minimum Gasteiger partial charge on any atom is -0.480 e. The molecule has 0 saturated carbocycles. The zero-order valence-electron chi connectivity index (χ0n) is 10.3. The molecule has 0 aliphatic carbocycles. The molecular weight excluding hydrogens is 250 g/mol. The van der Waals surface area contributed by atoms with Crippen molar-refractivity contribution in [2.45, 2.75) is 13.0 Å². The molecule has 7 nitrogen and oxygen atoms in total. The highest BCUT2D eigenvalue weighted by molar-refractivity contribution is 5.95. The maximum absolute atomic E-state index is 12.3. The van der Waals surface area contributed by atoms with E-state index in [2.05, 4.69) is 5.32 Å². The van der Waals surface area contributed by atoms with Gasteiger partial charge in [0, 0.05) is 19.3 Å². The van der Waals surface area contributed by atoms with E-state index < -0.39 is 5.97 Å². The Bertz CT molecular complexity index is 509. The first-order valence-corrected chi connectivity index (χ1v) is 6.01. The molecule has 2 N–H and O–H groups in total. The fraction of sp³-hybridized carbons (Fsp3) is 0.417. The van der Waals surface area contributed by atoms with Crippen LogP contribution in [0.15, 0.2) is 18.3 Å². The molecule has 19 heavy (non-hydrogen) atoms. The molecule has 0 radical (unpaired) electrons. The minimum atomic E-state index is -1.01. The van der Waals surface area contributed by atoms with Gasteiger partial charge < -0.3 is 19.9 Å². The second-order valence-corrected chi connectivity index (χ2v) is 4.35. The van der Waals surface area contributed by atoms with E-state index in [-0.39, 0.29) is 30.6 Å². The van der Waals surface area contributed by atoms with E-state index in [1.807, 2.05) is 0 Å². The molecule has 2 rings (SSSR count). The van der Waals surface area contributed by atoms with E-state index >= 15 is 0 Å². The molecule has 0 atom stereocenters. The van der Waals surface area contributed by atoms with Gasteiger partial charge in [-0.2, -0.15) is 0 Å². The highest BCUT2D eigenvalue weighted by Crippen LogP contribution is 2.09. The number of carbonyl (C=O) groups excluding carboxylic acids is 2. The SMILES string of the molecule is O=C(O)Cn1cccc1C(=O)N1CCCNC(=O)C1. The summed E-state index contributed by atoms with van der Waals surface area (Å²) in [6.45, 7) is 0.778. The predicted octanol–water partition coefficient (Wildman–Crippen LogP) is -0.465. The Morgan fingerprint density at radius 1 is 1.42 bits per heavy atom. The number of carboxylic acid groups (broad SMARTS) is 1. The third kappa shape index (κ3) is 3.12. The van der Waals surface area contributed by atoms with Gasteiger partial charge in [0.2, 0.25) is 5.91 Å². The third-order valence-corrected chi connectivity index (χ3v) is 2.90. The predicted molar refractivity (Wildman–Crippen MR) is 65.6 cm³/mol. The Labute approximate surface area is 109 Å². The van der Waals surface area contributed by atoms with E-state index in [9.17, 15) is 14.4 Å². The van der Waals surface area contributed by atoms with Crippen molar-refractivity contribution in [3.05, 3.63) is 24.0 Å². The van der Waals surface area contributed by atoms with Gasteiger partial charge in [0.1, 0.15) is 12.2 Å². The number of nitrogens with zero attached hydrogens (tertiary/aromatic N) is 2. The average Bonchev–Trinajstić information content (AvgIpc) is 2.68. The molecule has 2 heterocycles. The first kappa shape index (κ1) is 13.1. The lowest BCUT2D eigenvalue weighted by Crippen LogP contribution is -2.38. The Hall–Kier alpha value is -2.31. The number of hydrogen-bond acceptors (Lipinski definition) is 3. The molecule has 2 amide bonds. The van der Waals surface area contributed by atoms with Gasteiger partial charge in [-0.15, -0.1) is 0 Å². The zero-order chi connectivity index (χ0) is 13.8. The van der Waals surface area contributed by atoms with Gasteiger partial charge in [-0.3, -0.25) is 14.4 Å². The maximum atomic E-state index is 12.3. The van der Waals surface area contributed by atoms with E-state index in [0.717, 1.165) is 0 Å². The molecule has 1 aromatic heterocycles. The summed E-state index contributed by atoms with van der Waals surface area (Å²) in [6, 6.07) is 3.18. The molecule has 0 spiro atoms. The van der Waals surface area contributed by atoms with Crippen LogP contribution in [-0.2, 0) is 16.1 Å². The van der Waals surface area contributed by atoms with Crippen LogP contribution >= 0.6 is 0 Å². The summed E-state index contributed by atoms with van der Waals surface area (Å²) in [7, 11) is 0. The summed E-state index contributed by atoms with van der Waals surface area (Å²) in [5.74, 6) is -1.52. The van der Waals surface area contributed by atoms with Crippen LogP contribution in [0, 0.1) is 0 Å². The van der Waals surface area contributed by atoms with Gasteiger partial charge in [0.25, 0.3) is 5.91 Å². The van der Waals surface area contributed by atoms with Crippen molar-refractivity contribution in [3.8, 4) is 0 Å². The summed E-state index contributed by atoms with van der Waals surface area (Å²) in [4.78, 5) is 35.9. The molecule has 1 aliphatic rings. The minimum absolute atomic E-state index is 0.0110.